The van der Waals surface area contributed by atoms with E-state index in [-0.39, 0.29) is 18.4 Å². The Bertz CT molecular complexity index is 1270. The van der Waals surface area contributed by atoms with Gasteiger partial charge in [-0.2, -0.15) is 0 Å². The summed E-state index contributed by atoms with van der Waals surface area (Å²) in [6.07, 6.45) is 0.907. The van der Waals surface area contributed by atoms with Crippen LogP contribution in [-0.4, -0.2) is 60.0 Å². The first-order valence-corrected chi connectivity index (χ1v) is 11.9. The van der Waals surface area contributed by atoms with E-state index in [0.29, 0.717) is 47.5 Å². The van der Waals surface area contributed by atoms with Gasteiger partial charge in [0, 0.05) is 6.54 Å². The lowest BCUT2D eigenvalue weighted by molar-refractivity contribution is -0.132. The maximum Gasteiger partial charge on any atom is 0.227 e. The fourth-order valence-electron chi connectivity index (χ4n) is 4.86. The number of fused-ring (bicyclic) bond motifs is 1. The van der Waals surface area contributed by atoms with Gasteiger partial charge in [0.15, 0.2) is 34.5 Å². The summed E-state index contributed by atoms with van der Waals surface area (Å²) in [7, 11) is 9.61. The molecular weight excluding hydrogens is 474 g/mol. The van der Waals surface area contributed by atoms with Gasteiger partial charge in [-0.05, 0) is 65.1 Å². The summed E-state index contributed by atoms with van der Waals surface area (Å²) >= 11 is 0. The number of benzene rings is 3. The molecule has 4 rings (SSSR count). The summed E-state index contributed by atoms with van der Waals surface area (Å²) in [6, 6.07) is 14.9. The second-order valence-electron chi connectivity index (χ2n) is 8.63. The largest absolute Gasteiger partial charge is 0.493 e. The average Bonchev–Trinajstić information content (AvgIpc) is 2.94. The Morgan fingerprint density at radius 1 is 0.703 bits per heavy atom. The Morgan fingerprint density at radius 3 is 1.86 bits per heavy atom. The number of ether oxygens (including phenoxy) is 6. The minimum Gasteiger partial charge on any atom is -0.493 e. The SMILES string of the molecule is COc1ccc(CC(=O)N2CCc3cc(OC)c(OC)cc3C2c2ccc(OC)c(OC)c2)cc1OC. The van der Waals surface area contributed by atoms with Gasteiger partial charge >= 0.3 is 0 Å². The van der Waals surface area contributed by atoms with E-state index in [0.717, 1.165) is 22.3 Å². The van der Waals surface area contributed by atoms with Gasteiger partial charge in [0.05, 0.1) is 55.1 Å². The minimum atomic E-state index is -0.351. The topological polar surface area (TPSA) is 75.7 Å². The molecule has 1 atom stereocenters. The molecule has 0 aromatic heterocycles. The van der Waals surface area contributed by atoms with Gasteiger partial charge in [0.1, 0.15) is 0 Å². The first kappa shape index (κ1) is 26.0. The molecule has 0 saturated carbocycles. The molecule has 0 radical (unpaired) electrons. The zero-order valence-electron chi connectivity index (χ0n) is 22.1. The first-order valence-electron chi connectivity index (χ1n) is 11.9. The summed E-state index contributed by atoms with van der Waals surface area (Å²) in [5, 5.41) is 0. The average molecular weight is 508 g/mol. The van der Waals surface area contributed by atoms with E-state index in [1.807, 2.05) is 53.4 Å². The normalized spacial score (nSPS) is 14.4. The predicted molar refractivity (Wildman–Crippen MR) is 140 cm³/mol. The van der Waals surface area contributed by atoms with Crippen molar-refractivity contribution in [3.63, 3.8) is 0 Å². The number of carbonyl (C=O) groups excluding carboxylic acids is 1. The van der Waals surface area contributed by atoms with Gasteiger partial charge in [-0.3, -0.25) is 4.79 Å². The molecule has 0 fully saturated rings. The van der Waals surface area contributed by atoms with Gasteiger partial charge in [0.2, 0.25) is 5.91 Å². The highest BCUT2D eigenvalue weighted by Gasteiger charge is 2.34. The third-order valence-electron chi connectivity index (χ3n) is 6.72. The summed E-state index contributed by atoms with van der Waals surface area (Å²) in [4.78, 5) is 15.7. The number of nitrogens with zero attached hydrogens (tertiary/aromatic N) is 1. The van der Waals surface area contributed by atoms with Crippen LogP contribution < -0.4 is 28.4 Å². The van der Waals surface area contributed by atoms with Crippen LogP contribution in [0.15, 0.2) is 48.5 Å². The Balaban J connectivity index is 1.78. The molecule has 0 aliphatic carbocycles. The molecular formula is C29H33NO7. The fourth-order valence-corrected chi connectivity index (χ4v) is 4.86. The van der Waals surface area contributed by atoms with E-state index in [1.54, 1.807) is 42.7 Å². The first-order chi connectivity index (χ1) is 18.0. The van der Waals surface area contributed by atoms with Crippen LogP contribution in [0.5, 0.6) is 34.5 Å². The highest BCUT2D eigenvalue weighted by atomic mass is 16.5. The van der Waals surface area contributed by atoms with Gasteiger partial charge in [-0.1, -0.05) is 12.1 Å². The molecule has 3 aromatic carbocycles. The van der Waals surface area contributed by atoms with Crippen molar-refractivity contribution in [1.82, 2.24) is 4.90 Å². The number of methoxy groups -OCH3 is 6. The van der Waals surface area contributed by atoms with Crippen LogP contribution in [-0.2, 0) is 17.6 Å². The van der Waals surface area contributed by atoms with Crippen LogP contribution in [0.2, 0.25) is 0 Å². The Labute approximate surface area is 217 Å². The molecule has 1 aliphatic rings. The summed E-state index contributed by atoms with van der Waals surface area (Å²) in [6.45, 7) is 0.549. The summed E-state index contributed by atoms with van der Waals surface area (Å²) < 4.78 is 32.9. The van der Waals surface area contributed by atoms with Crippen molar-refractivity contribution in [3.8, 4) is 34.5 Å². The van der Waals surface area contributed by atoms with Crippen LogP contribution in [0.4, 0.5) is 0 Å². The van der Waals surface area contributed by atoms with Crippen LogP contribution >= 0.6 is 0 Å². The molecule has 1 aliphatic heterocycles. The van der Waals surface area contributed by atoms with E-state index >= 15 is 0 Å². The standard InChI is InChI=1S/C29H33NO7/c1-32-22-9-7-18(13-24(22)34-3)14-28(31)30-12-11-19-15-26(36-5)27(37-6)17-21(19)29(30)20-8-10-23(33-2)25(16-20)35-4/h7-10,13,15-17,29H,11-12,14H2,1-6H3. The second kappa shape index (κ2) is 11.3. The zero-order chi connectivity index (χ0) is 26.5. The lowest BCUT2D eigenvalue weighted by Crippen LogP contribution is -2.41. The van der Waals surface area contributed by atoms with Crippen molar-refractivity contribution in [2.24, 2.45) is 0 Å². The molecule has 196 valence electrons. The number of hydrogen-bond donors (Lipinski definition) is 0. The van der Waals surface area contributed by atoms with Crippen molar-refractivity contribution in [2.75, 3.05) is 49.2 Å². The molecule has 1 heterocycles. The highest BCUT2D eigenvalue weighted by Crippen LogP contribution is 2.43. The van der Waals surface area contributed by atoms with Gasteiger partial charge < -0.3 is 33.3 Å². The highest BCUT2D eigenvalue weighted by molar-refractivity contribution is 5.80. The molecule has 8 nitrogen and oxygen atoms in total. The molecule has 1 amide bonds. The third-order valence-corrected chi connectivity index (χ3v) is 6.72. The van der Waals surface area contributed by atoms with E-state index in [2.05, 4.69) is 0 Å². The molecule has 0 bridgehead atoms. The number of amides is 1. The predicted octanol–water partition coefficient (Wildman–Crippen LogP) is 4.46. The fraction of sp³-hybridized carbons (Fsp3) is 0.345. The molecule has 8 heteroatoms. The van der Waals surface area contributed by atoms with Crippen molar-refractivity contribution in [1.29, 1.82) is 0 Å². The Morgan fingerprint density at radius 2 is 1.24 bits per heavy atom. The lowest BCUT2D eigenvalue weighted by Gasteiger charge is -2.38. The molecule has 37 heavy (non-hydrogen) atoms. The minimum absolute atomic E-state index is 0.00700. The Kier molecular flexibility index (Phi) is 7.96. The van der Waals surface area contributed by atoms with Crippen LogP contribution in [0.3, 0.4) is 0 Å². The van der Waals surface area contributed by atoms with Crippen molar-refractivity contribution >= 4 is 5.91 Å². The van der Waals surface area contributed by atoms with Crippen molar-refractivity contribution < 1.29 is 33.2 Å². The van der Waals surface area contributed by atoms with E-state index in [1.165, 1.54) is 0 Å². The van der Waals surface area contributed by atoms with Crippen LogP contribution in [0.25, 0.3) is 0 Å². The van der Waals surface area contributed by atoms with Gasteiger partial charge in [-0.25, -0.2) is 0 Å². The molecule has 0 N–H and O–H groups in total. The summed E-state index contributed by atoms with van der Waals surface area (Å²) in [5.41, 5.74) is 3.84. The Hall–Kier alpha value is -4.07. The summed E-state index contributed by atoms with van der Waals surface area (Å²) in [5.74, 6) is 3.70. The third kappa shape index (κ3) is 5.09. The smallest absolute Gasteiger partial charge is 0.227 e. The van der Waals surface area contributed by atoms with E-state index in [9.17, 15) is 4.79 Å². The number of hydrogen-bond acceptors (Lipinski definition) is 7. The van der Waals surface area contributed by atoms with Crippen molar-refractivity contribution in [3.05, 3.63) is 70.8 Å². The maximum atomic E-state index is 13.8. The monoisotopic (exact) mass is 507 g/mol. The number of rotatable bonds is 9. The molecule has 3 aromatic rings. The van der Waals surface area contributed by atoms with Crippen LogP contribution in [0.1, 0.15) is 28.3 Å². The van der Waals surface area contributed by atoms with E-state index in [4.69, 9.17) is 28.4 Å². The molecule has 0 saturated heterocycles. The lowest BCUT2D eigenvalue weighted by atomic mass is 9.87. The van der Waals surface area contributed by atoms with Gasteiger partial charge in [-0.15, -0.1) is 0 Å². The maximum absolute atomic E-state index is 13.8. The molecule has 1 unspecified atom stereocenters. The van der Waals surface area contributed by atoms with Crippen molar-refractivity contribution in [2.45, 2.75) is 18.9 Å². The van der Waals surface area contributed by atoms with E-state index < -0.39 is 0 Å². The van der Waals surface area contributed by atoms with Gasteiger partial charge in [0.25, 0.3) is 0 Å². The number of carbonyl (C=O) groups is 1. The van der Waals surface area contributed by atoms with Crippen LogP contribution in [0, 0.1) is 0 Å². The zero-order valence-corrected chi connectivity index (χ0v) is 22.1. The second-order valence-corrected chi connectivity index (χ2v) is 8.63. The molecule has 0 spiro atoms. The quantitative estimate of drug-likeness (QED) is 0.423.